The third kappa shape index (κ3) is 3.95. The summed E-state index contributed by atoms with van der Waals surface area (Å²) in [5.41, 5.74) is 0. The van der Waals surface area contributed by atoms with Crippen LogP contribution in [0, 0.1) is 5.92 Å². The second-order valence-corrected chi connectivity index (χ2v) is 6.01. The SMILES string of the molecule is C=CCNC(=S)N1CCN(C(=O)C2CCCCC2)CC1. The predicted octanol–water partition coefficient (Wildman–Crippen LogP) is 1.77. The molecule has 112 valence electrons. The lowest BCUT2D eigenvalue weighted by Crippen LogP contribution is -2.54. The molecule has 0 radical (unpaired) electrons. The minimum Gasteiger partial charge on any atom is -0.359 e. The van der Waals surface area contributed by atoms with Gasteiger partial charge in [-0.15, -0.1) is 6.58 Å². The maximum absolute atomic E-state index is 12.4. The van der Waals surface area contributed by atoms with Gasteiger partial charge in [-0.05, 0) is 25.1 Å². The molecule has 2 rings (SSSR count). The van der Waals surface area contributed by atoms with Gasteiger partial charge in [-0.25, -0.2) is 0 Å². The number of carbonyl (C=O) groups excluding carboxylic acids is 1. The Hall–Kier alpha value is -1.10. The number of amides is 1. The third-order valence-electron chi connectivity index (χ3n) is 4.23. The molecule has 0 aromatic heterocycles. The molecule has 1 saturated carbocycles. The standard InChI is InChI=1S/C15H25N3OS/c1-2-8-16-15(20)18-11-9-17(10-12-18)14(19)13-6-4-3-5-7-13/h2,13H,1,3-12H2,(H,16,20). The highest BCUT2D eigenvalue weighted by molar-refractivity contribution is 7.80. The molecule has 1 aliphatic carbocycles. The first-order valence-corrected chi connectivity index (χ1v) is 8.05. The fourth-order valence-corrected chi connectivity index (χ4v) is 3.27. The highest BCUT2D eigenvalue weighted by Gasteiger charge is 2.28. The van der Waals surface area contributed by atoms with Gasteiger partial charge in [0.25, 0.3) is 0 Å². The van der Waals surface area contributed by atoms with E-state index in [0.717, 1.165) is 44.1 Å². The van der Waals surface area contributed by atoms with Crippen molar-refractivity contribution in [1.82, 2.24) is 15.1 Å². The number of hydrogen-bond donors (Lipinski definition) is 1. The summed E-state index contributed by atoms with van der Waals surface area (Å²) in [6.45, 7) is 7.63. The molecule has 0 aromatic rings. The smallest absolute Gasteiger partial charge is 0.225 e. The van der Waals surface area contributed by atoms with Gasteiger partial charge in [-0.1, -0.05) is 25.3 Å². The monoisotopic (exact) mass is 295 g/mol. The molecule has 1 N–H and O–H groups in total. The molecule has 1 saturated heterocycles. The molecular weight excluding hydrogens is 270 g/mol. The molecule has 0 spiro atoms. The number of carbonyl (C=O) groups is 1. The normalized spacial score (nSPS) is 20.6. The lowest BCUT2D eigenvalue weighted by atomic mass is 9.88. The van der Waals surface area contributed by atoms with Gasteiger partial charge in [-0.2, -0.15) is 0 Å². The van der Waals surface area contributed by atoms with Crippen molar-refractivity contribution in [2.24, 2.45) is 5.92 Å². The molecule has 0 unspecified atom stereocenters. The van der Waals surface area contributed by atoms with Crippen molar-refractivity contribution < 1.29 is 4.79 Å². The maximum Gasteiger partial charge on any atom is 0.225 e. The summed E-state index contributed by atoms with van der Waals surface area (Å²) in [4.78, 5) is 16.6. The summed E-state index contributed by atoms with van der Waals surface area (Å²) in [7, 11) is 0. The molecule has 0 bridgehead atoms. The zero-order valence-corrected chi connectivity index (χ0v) is 13.0. The first-order chi connectivity index (χ1) is 9.72. The summed E-state index contributed by atoms with van der Waals surface area (Å²) in [5.74, 6) is 0.649. The molecular formula is C15H25N3OS. The zero-order valence-electron chi connectivity index (χ0n) is 12.1. The third-order valence-corrected chi connectivity index (χ3v) is 4.63. The number of rotatable bonds is 3. The van der Waals surface area contributed by atoms with E-state index in [1.54, 1.807) is 6.08 Å². The van der Waals surface area contributed by atoms with Gasteiger partial charge in [0.1, 0.15) is 0 Å². The minimum absolute atomic E-state index is 0.279. The molecule has 1 heterocycles. The minimum atomic E-state index is 0.279. The molecule has 4 nitrogen and oxygen atoms in total. The van der Waals surface area contributed by atoms with Gasteiger partial charge in [0, 0.05) is 38.6 Å². The Bertz CT molecular complexity index is 358. The van der Waals surface area contributed by atoms with E-state index in [-0.39, 0.29) is 5.92 Å². The Morgan fingerprint density at radius 2 is 1.75 bits per heavy atom. The van der Waals surface area contributed by atoms with Crippen LogP contribution in [0.3, 0.4) is 0 Å². The van der Waals surface area contributed by atoms with Crippen LogP contribution in [0.25, 0.3) is 0 Å². The summed E-state index contributed by atoms with van der Waals surface area (Å²) in [6.07, 6.45) is 7.69. The molecule has 20 heavy (non-hydrogen) atoms. The lowest BCUT2D eigenvalue weighted by molar-refractivity contribution is -0.137. The summed E-state index contributed by atoms with van der Waals surface area (Å²) in [6, 6.07) is 0. The van der Waals surface area contributed by atoms with E-state index in [2.05, 4.69) is 16.8 Å². The number of nitrogens with zero attached hydrogens (tertiary/aromatic N) is 2. The van der Waals surface area contributed by atoms with Crippen LogP contribution in [0.1, 0.15) is 32.1 Å². The quantitative estimate of drug-likeness (QED) is 0.636. The number of nitrogens with one attached hydrogen (secondary N) is 1. The average Bonchev–Trinajstić information content (AvgIpc) is 2.53. The van der Waals surface area contributed by atoms with Crippen LogP contribution >= 0.6 is 12.2 Å². The first kappa shape index (κ1) is 15.3. The van der Waals surface area contributed by atoms with E-state index in [1.165, 1.54) is 19.3 Å². The van der Waals surface area contributed by atoms with E-state index in [1.807, 2.05) is 4.90 Å². The second-order valence-electron chi connectivity index (χ2n) is 5.62. The van der Waals surface area contributed by atoms with Gasteiger partial charge in [0.2, 0.25) is 5.91 Å². The van der Waals surface area contributed by atoms with Gasteiger partial charge in [0.15, 0.2) is 5.11 Å². The Morgan fingerprint density at radius 1 is 1.15 bits per heavy atom. The van der Waals surface area contributed by atoms with E-state index >= 15 is 0 Å². The van der Waals surface area contributed by atoms with Crippen LogP contribution in [0.5, 0.6) is 0 Å². The Labute approximate surface area is 127 Å². The van der Waals surface area contributed by atoms with Crippen molar-refractivity contribution in [3.8, 4) is 0 Å². The molecule has 2 aliphatic rings. The highest BCUT2D eigenvalue weighted by Crippen LogP contribution is 2.25. The topological polar surface area (TPSA) is 35.6 Å². The van der Waals surface area contributed by atoms with Crippen molar-refractivity contribution in [3.63, 3.8) is 0 Å². The fraction of sp³-hybridized carbons (Fsp3) is 0.733. The molecule has 0 atom stereocenters. The van der Waals surface area contributed by atoms with Crippen molar-refractivity contribution in [2.75, 3.05) is 32.7 Å². The van der Waals surface area contributed by atoms with Crippen molar-refractivity contribution in [1.29, 1.82) is 0 Å². The maximum atomic E-state index is 12.4. The van der Waals surface area contributed by atoms with Gasteiger partial charge < -0.3 is 15.1 Å². The predicted molar refractivity (Wildman–Crippen MR) is 85.5 cm³/mol. The second kappa shape index (κ2) is 7.62. The van der Waals surface area contributed by atoms with Crippen LogP contribution in [-0.2, 0) is 4.79 Å². The van der Waals surface area contributed by atoms with Crippen molar-refractivity contribution in [2.45, 2.75) is 32.1 Å². The zero-order chi connectivity index (χ0) is 14.4. The number of hydrogen-bond acceptors (Lipinski definition) is 2. The summed E-state index contributed by atoms with van der Waals surface area (Å²) in [5, 5.41) is 3.92. The molecule has 1 amide bonds. The molecule has 5 heteroatoms. The van der Waals surface area contributed by atoms with Gasteiger partial charge in [-0.3, -0.25) is 4.79 Å². The van der Waals surface area contributed by atoms with Crippen LogP contribution in [0.15, 0.2) is 12.7 Å². The molecule has 0 aromatic carbocycles. The number of piperazine rings is 1. The molecule has 2 fully saturated rings. The van der Waals surface area contributed by atoms with E-state index < -0.39 is 0 Å². The largest absolute Gasteiger partial charge is 0.359 e. The Kier molecular flexibility index (Phi) is 5.83. The van der Waals surface area contributed by atoms with E-state index in [9.17, 15) is 4.79 Å². The molecule has 1 aliphatic heterocycles. The van der Waals surface area contributed by atoms with E-state index in [0.29, 0.717) is 12.5 Å². The van der Waals surface area contributed by atoms with Crippen LogP contribution < -0.4 is 5.32 Å². The first-order valence-electron chi connectivity index (χ1n) is 7.65. The van der Waals surface area contributed by atoms with Crippen molar-refractivity contribution >= 4 is 23.2 Å². The summed E-state index contributed by atoms with van der Waals surface area (Å²) >= 11 is 5.33. The Morgan fingerprint density at radius 3 is 2.35 bits per heavy atom. The van der Waals surface area contributed by atoms with Crippen LogP contribution in [0.2, 0.25) is 0 Å². The highest BCUT2D eigenvalue weighted by atomic mass is 32.1. The van der Waals surface area contributed by atoms with Crippen LogP contribution in [0.4, 0.5) is 0 Å². The Balaban J connectivity index is 1.77. The summed E-state index contributed by atoms with van der Waals surface area (Å²) < 4.78 is 0. The number of thiocarbonyl (C=S) groups is 1. The lowest BCUT2D eigenvalue weighted by Gasteiger charge is -2.38. The van der Waals surface area contributed by atoms with Gasteiger partial charge >= 0.3 is 0 Å². The van der Waals surface area contributed by atoms with E-state index in [4.69, 9.17) is 12.2 Å². The average molecular weight is 295 g/mol. The fourth-order valence-electron chi connectivity index (χ4n) is 3.01. The van der Waals surface area contributed by atoms with Crippen LogP contribution in [-0.4, -0.2) is 53.5 Å². The van der Waals surface area contributed by atoms with Crippen molar-refractivity contribution in [3.05, 3.63) is 12.7 Å². The van der Waals surface area contributed by atoms with Gasteiger partial charge in [0.05, 0.1) is 0 Å².